The number of urea groups is 1. The molecule has 0 spiro atoms. The number of carbonyl (C=O) groups excluding carboxylic acids is 2. The van der Waals surface area contributed by atoms with Crippen LogP contribution in [0.4, 0.5) is 16.2 Å². The van der Waals surface area contributed by atoms with Gasteiger partial charge in [0, 0.05) is 29.7 Å². The van der Waals surface area contributed by atoms with E-state index in [1.165, 1.54) is 11.3 Å². The molecule has 0 radical (unpaired) electrons. The van der Waals surface area contributed by atoms with E-state index in [-0.39, 0.29) is 11.9 Å². The molecule has 0 aliphatic rings. The first-order valence-electron chi connectivity index (χ1n) is 8.57. The summed E-state index contributed by atoms with van der Waals surface area (Å²) in [6, 6.07) is 10.4. The number of carbonyl (C=O) groups is 2. The van der Waals surface area contributed by atoms with Crippen LogP contribution in [0, 0.1) is 0 Å². The standard InChI is InChI=1S/C19H20N4O2S2/c1-2-17-21-15(12-27-17)8-9-20-19(25)23-14-6-3-5-13(11-14)22-18(24)16-7-4-10-26-16/h3-7,10-12H,2,8-9H2,1H3,(H,22,24)(H2,20,23,25). The van der Waals surface area contributed by atoms with Gasteiger partial charge in [-0.05, 0) is 36.1 Å². The minimum absolute atomic E-state index is 0.165. The number of anilines is 2. The Hall–Kier alpha value is -2.71. The van der Waals surface area contributed by atoms with Crippen LogP contribution in [0.25, 0.3) is 0 Å². The number of amides is 3. The first-order valence-corrected chi connectivity index (χ1v) is 10.3. The van der Waals surface area contributed by atoms with Crippen LogP contribution in [0.2, 0.25) is 0 Å². The summed E-state index contributed by atoms with van der Waals surface area (Å²) in [7, 11) is 0. The molecular weight excluding hydrogens is 380 g/mol. The largest absolute Gasteiger partial charge is 0.337 e. The molecule has 8 heteroatoms. The summed E-state index contributed by atoms with van der Waals surface area (Å²) < 4.78 is 0. The van der Waals surface area contributed by atoms with Crippen LogP contribution < -0.4 is 16.0 Å². The second-order valence-electron chi connectivity index (χ2n) is 5.73. The van der Waals surface area contributed by atoms with Gasteiger partial charge in [-0.1, -0.05) is 19.1 Å². The van der Waals surface area contributed by atoms with Crippen LogP contribution in [-0.2, 0) is 12.8 Å². The molecule has 27 heavy (non-hydrogen) atoms. The van der Waals surface area contributed by atoms with Crippen molar-refractivity contribution in [2.45, 2.75) is 19.8 Å². The summed E-state index contributed by atoms with van der Waals surface area (Å²) in [4.78, 5) is 29.3. The van der Waals surface area contributed by atoms with Gasteiger partial charge in [0.05, 0.1) is 15.6 Å². The van der Waals surface area contributed by atoms with E-state index in [1.54, 1.807) is 41.7 Å². The molecule has 1 aromatic carbocycles. The molecular formula is C19H20N4O2S2. The highest BCUT2D eigenvalue weighted by molar-refractivity contribution is 7.12. The molecule has 0 aliphatic carbocycles. The highest BCUT2D eigenvalue weighted by atomic mass is 32.1. The fraction of sp³-hybridized carbons (Fsp3) is 0.211. The van der Waals surface area contributed by atoms with Gasteiger partial charge in [-0.15, -0.1) is 22.7 Å². The zero-order valence-electron chi connectivity index (χ0n) is 14.8. The van der Waals surface area contributed by atoms with E-state index in [0.717, 1.165) is 17.1 Å². The normalized spacial score (nSPS) is 10.4. The third-order valence-electron chi connectivity index (χ3n) is 3.69. The topological polar surface area (TPSA) is 83.1 Å². The van der Waals surface area contributed by atoms with E-state index in [2.05, 4.69) is 27.9 Å². The molecule has 0 atom stereocenters. The lowest BCUT2D eigenvalue weighted by Gasteiger charge is -2.09. The first kappa shape index (κ1) is 19.1. The fourth-order valence-corrected chi connectivity index (χ4v) is 3.78. The van der Waals surface area contributed by atoms with Gasteiger partial charge in [0.1, 0.15) is 0 Å². The summed E-state index contributed by atoms with van der Waals surface area (Å²) in [6.45, 7) is 2.58. The second kappa shape index (κ2) is 9.29. The number of aryl methyl sites for hydroxylation is 1. The van der Waals surface area contributed by atoms with Gasteiger partial charge in [-0.3, -0.25) is 4.79 Å². The zero-order chi connectivity index (χ0) is 19.1. The molecule has 3 N–H and O–H groups in total. The van der Waals surface area contributed by atoms with Crippen LogP contribution in [0.1, 0.15) is 27.3 Å². The van der Waals surface area contributed by atoms with Crippen molar-refractivity contribution in [1.29, 1.82) is 0 Å². The van der Waals surface area contributed by atoms with Crippen LogP contribution >= 0.6 is 22.7 Å². The Kier molecular flexibility index (Phi) is 6.56. The van der Waals surface area contributed by atoms with Gasteiger partial charge < -0.3 is 16.0 Å². The SMILES string of the molecule is CCc1nc(CCNC(=O)Nc2cccc(NC(=O)c3cccs3)c2)cs1. The molecule has 6 nitrogen and oxygen atoms in total. The van der Waals surface area contributed by atoms with Gasteiger partial charge in [0.15, 0.2) is 0 Å². The molecule has 3 amide bonds. The molecule has 3 aromatic rings. The van der Waals surface area contributed by atoms with E-state index in [4.69, 9.17) is 0 Å². The monoisotopic (exact) mass is 400 g/mol. The third kappa shape index (κ3) is 5.63. The van der Waals surface area contributed by atoms with E-state index in [9.17, 15) is 9.59 Å². The molecule has 2 aromatic heterocycles. The Labute approximate surface area is 165 Å². The predicted octanol–water partition coefficient (Wildman–Crippen LogP) is 4.38. The van der Waals surface area contributed by atoms with Crippen molar-refractivity contribution in [2.75, 3.05) is 17.2 Å². The number of nitrogens with one attached hydrogen (secondary N) is 3. The number of nitrogens with zero attached hydrogens (tertiary/aromatic N) is 1. The van der Waals surface area contributed by atoms with Gasteiger partial charge >= 0.3 is 6.03 Å². The van der Waals surface area contributed by atoms with E-state index in [0.29, 0.717) is 29.2 Å². The van der Waals surface area contributed by atoms with E-state index in [1.807, 2.05) is 16.8 Å². The summed E-state index contributed by atoms with van der Waals surface area (Å²) >= 11 is 3.02. The van der Waals surface area contributed by atoms with Crippen LogP contribution in [0.5, 0.6) is 0 Å². The number of hydrogen-bond donors (Lipinski definition) is 3. The maximum absolute atomic E-state index is 12.1. The minimum Gasteiger partial charge on any atom is -0.337 e. The predicted molar refractivity (Wildman–Crippen MR) is 111 cm³/mol. The lowest BCUT2D eigenvalue weighted by molar-refractivity contribution is 0.103. The average Bonchev–Trinajstić information content (AvgIpc) is 3.34. The lowest BCUT2D eigenvalue weighted by atomic mass is 10.2. The third-order valence-corrected chi connectivity index (χ3v) is 5.60. The maximum atomic E-state index is 12.1. The van der Waals surface area contributed by atoms with Crippen molar-refractivity contribution in [3.63, 3.8) is 0 Å². The molecule has 140 valence electrons. The van der Waals surface area contributed by atoms with Crippen molar-refractivity contribution in [3.05, 3.63) is 62.7 Å². The smallest absolute Gasteiger partial charge is 0.319 e. The van der Waals surface area contributed by atoms with Crippen molar-refractivity contribution < 1.29 is 9.59 Å². The number of thiophene rings is 1. The van der Waals surface area contributed by atoms with Crippen LogP contribution in [0.3, 0.4) is 0 Å². The highest BCUT2D eigenvalue weighted by Crippen LogP contribution is 2.17. The Morgan fingerprint density at radius 2 is 1.89 bits per heavy atom. The fourth-order valence-electron chi connectivity index (χ4n) is 2.38. The van der Waals surface area contributed by atoms with Gasteiger partial charge in [0.2, 0.25) is 0 Å². The molecule has 0 bridgehead atoms. The zero-order valence-corrected chi connectivity index (χ0v) is 16.5. The van der Waals surface area contributed by atoms with Gasteiger partial charge in [-0.25, -0.2) is 9.78 Å². The number of aromatic nitrogens is 1. The van der Waals surface area contributed by atoms with Crippen molar-refractivity contribution in [2.24, 2.45) is 0 Å². The quantitative estimate of drug-likeness (QED) is 0.550. The van der Waals surface area contributed by atoms with E-state index < -0.39 is 0 Å². The number of thiazole rings is 1. The first-order chi connectivity index (χ1) is 13.1. The van der Waals surface area contributed by atoms with E-state index >= 15 is 0 Å². The van der Waals surface area contributed by atoms with Crippen molar-refractivity contribution >= 4 is 46.0 Å². The maximum Gasteiger partial charge on any atom is 0.319 e. The second-order valence-corrected chi connectivity index (χ2v) is 7.62. The van der Waals surface area contributed by atoms with Crippen LogP contribution in [0.15, 0.2) is 47.2 Å². The average molecular weight is 401 g/mol. The summed E-state index contributed by atoms with van der Waals surface area (Å²) in [5.41, 5.74) is 2.23. The summed E-state index contributed by atoms with van der Waals surface area (Å²) in [5, 5.41) is 13.4. The molecule has 0 unspecified atom stereocenters. The van der Waals surface area contributed by atoms with Gasteiger partial charge in [0.25, 0.3) is 5.91 Å². The number of hydrogen-bond acceptors (Lipinski definition) is 5. The summed E-state index contributed by atoms with van der Waals surface area (Å²) in [5.74, 6) is -0.165. The number of rotatable bonds is 7. The Bertz CT molecular complexity index is 906. The Balaban J connectivity index is 1.48. The molecule has 0 aliphatic heterocycles. The minimum atomic E-state index is -0.289. The van der Waals surface area contributed by atoms with Gasteiger partial charge in [-0.2, -0.15) is 0 Å². The number of benzene rings is 1. The lowest BCUT2D eigenvalue weighted by Crippen LogP contribution is -2.30. The van der Waals surface area contributed by atoms with Crippen molar-refractivity contribution in [3.8, 4) is 0 Å². The molecule has 3 rings (SSSR count). The molecule has 2 heterocycles. The van der Waals surface area contributed by atoms with Crippen molar-refractivity contribution in [1.82, 2.24) is 10.3 Å². The summed E-state index contributed by atoms with van der Waals surface area (Å²) in [6.07, 6.45) is 1.62. The Morgan fingerprint density at radius 1 is 1.07 bits per heavy atom. The molecule has 0 fully saturated rings. The molecule has 0 saturated carbocycles. The van der Waals surface area contributed by atoms with Crippen LogP contribution in [-0.4, -0.2) is 23.5 Å². The Morgan fingerprint density at radius 3 is 2.59 bits per heavy atom. The molecule has 0 saturated heterocycles. The highest BCUT2D eigenvalue weighted by Gasteiger charge is 2.08.